The first-order valence-electron chi connectivity index (χ1n) is 10.7. The highest BCUT2D eigenvalue weighted by molar-refractivity contribution is 5.97. The third-order valence-corrected chi connectivity index (χ3v) is 5.83. The Hall–Kier alpha value is -3.00. The number of fused-ring (bicyclic) bond motifs is 1. The van der Waals surface area contributed by atoms with Gasteiger partial charge in [0.1, 0.15) is 17.3 Å². The molecular weight excluding hydrogens is 400 g/mol. The van der Waals surface area contributed by atoms with Gasteiger partial charge in [0.05, 0.1) is 11.3 Å². The standard InChI is InChI=1S/C23H27F2N5O/c1-3-29-7-4-16-10-17(14-27-22(16)29)23(31)28-13-15(2)18-11-20(25)21(12-19(18)24)30-8-5-26-6-9-30/h4,7,10-12,14-15,26H,3,5-6,8-9,13H2,1-2H3,(H,28,31). The van der Waals surface area contributed by atoms with Gasteiger partial charge >= 0.3 is 0 Å². The first kappa shape index (κ1) is 21.2. The molecule has 2 N–H and O–H groups in total. The average molecular weight is 427 g/mol. The van der Waals surface area contributed by atoms with E-state index in [-0.39, 0.29) is 29.6 Å². The molecule has 0 radical (unpaired) electrons. The molecule has 164 valence electrons. The van der Waals surface area contributed by atoms with Crippen molar-refractivity contribution in [1.29, 1.82) is 0 Å². The molecule has 1 unspecified atom stereocenters. The summed E-state index contributed by atoms with van der Waals surface area (Å²) in [7, 11) is 0. The van der Waals surface area contributed by atoms with Crippen molar-refractivity contribution in [3.05, 3.63) is 59.4 Å². The van der Waals surface area contributed by atoms with Crippen molar-refractivity contribution in [2.75, 3.05) is 37.6 Å². The first-order chi connectivity index (χ1) is 15.0. The van der Waals surface area contributed by atoms with Crippen LogP contribution in [0.15, 0.2) is 36.7 Å². The lowest BCUT2D eigenvalue weighted by atomic mass is 9.99. The van der Waals surface area contributed by atoms with Crippen molar-refractivity contribution in [1.82, 2.24) is 20.2 Å². The lowest BCUT2D eigenvalue weighted by molar-refractivity contribution is 0.0951. The largest absolute Gasteiger partial charge is 0.367 e. The van der Waals surface area contributed by atoms with Crippen molar-refractivity contribution >= 4 is 22.6 Å². The summed E-state index contributed by atoms with van der Waals surface area (Å²) in [5, 5.41) is 6.90. The topological polar surface area (TPSA) is 62.2 Å². The summed E-state index contributed by atoms with van der Waals surface area (Å²) in [6, 6.07) is 6.23. The number of halogens is 2. The molecule has 1 fully saturated rings. The predicted octanol–water partition coefficient (Wildman–Crippen LogP) is 3.28. The predicted molar refractivity (Wildman–Crippen MR) is 118 cm³/mol. The second kappa shape index (κ2) is 9.01. The maximum Gasteiger partial charge on any atom is 0.252 e. The third-order valence-electron chi connectivity index (χ3n) is 5.83. The smallest absolute Gasteiger partial charge is 0.252 e. The zero-order chi connectivity index (χ0) is 22.0. The molecule has 1 saturated heterocycles. The Morgan fingerprint density at radius 2 is 2.00 bits per heavy atom. The molecular formula is C23H27F2N5O. The van der Waals surface area contributed by atoms with E-state index in [1.807, 2.05) is 28.7 Å². The molecule has 1 atom stereocenters. The van der Waals surface area contributed by atoms with Gasteiger partial charge in [-0.25, -0.2) is 13.8 Å². The summed E-state index contributed by atoms with van der Waals surface area (Å²) < 4.78 is 31.5. The maximum absolute atomic E-state index is 14.8. The van der Waals surface area contributed by atoms with Crippen LogP contribution in [-0.2, 0) is 6.54 Å². The lowest BCUT2D eigenvalue weighted by Gasteiger charge is -2.30. The number of aromatic nitrogens is 2. The molecule has 0 saturated carbocycles. The number of nitrogens with one attached hydrogen (secondary N) is 2. The fourth-order valence-corrected chi connectivity index (χ4v) is 3.99. The SMILES string of the molecule is CCn1ccc2cc(C(=O)NCC(C)c3cc(F)c(N4CCNCC4)cc3F)cnc21. The molecule has 3 aromatic rings. The molecule has 3 heterocycles. The quantitative estimate of drug-likeness (QED) is 0.634. The Morgan fingerprint density at radius 1 is 1.23 bits per heavy atom. The number of piperazine rings is 1. The Bertz CT molecular complexity index is 1090. The molecule has 31 heavy (non-hydrogen) atoms. The van der Waals surface area contributed by atoms with Gasteiger partial charge < -0.3 is 20.1 Å². The fraction of sp³-hybridized carbons (Fsp3) is 0.391. The Kier molecular flexibility index (Phi) is 6.18. The minimum Gasteiger partial charge on any atom is -0.367 e. The van der Waals surface area contributed by atoms with Crippen LogP contribution in [0.25, 0.3) is 11.0 Å². The number of benzene rings is 1. The van der Waals surface area contributed by atoms with Crippen molar-refractivity contribution in [2.45, 2.75) is 26.3 Å². The number of aryl methyl sites for hydroxylation is 1. The van der Waals surface area contributed by atoms with E-state index in [0.717, 1.165) is 30.7 Å². The van der Waals surface area contributed by atoms with E-state index in [4.69, 9.17) is 0 Å². The molecule has 4 rings (SSSR count). The normalized spacial score (nSPS) is 15.3. The number of carbonyl (C=O) groups is 1. The van der Waals surface area contributed by atoms with Gasteiger partial charge in [-0.15, -0.1) is 0 Å². The molecule has 1 aromatic carbocycles. The van der Waals surface area contributed by atoms with Crippen LogP contribution >= 0.6 is 0 Å². The summed E-state index contributed by atoms with van der Waals surface area (Å²) in [5.74, 6) is -1.57. The summed E-state index contributed by atoms with van der Waals surface area (Å²) in [4.78, 5) is 18.8. The number of hydrogen-bond donors (Lipinski definition) is 2. The van der Waals surface area contributed by atoms with Crippen LogP contribution in [0.1, 0.15) is 35.7 Å². The van der Waals surface area contributed by atoms with Gasteiger partial charge in [0.15, 0.2) is 0 Å². The Labute approximate surface area is 180 Å². The number of pyridine rings is 1. The average Bonchev–Trinajstić information content (AvgIpc) is 3.21. The maximum atomic E-state index is 14.8. The van der Waals surface area contributed by atoms with Crippen molar-refractivity contribution in [3.8, 4) is 0 Å². The number of nitrogens with zero attached hydrogens (tertiary/aromatic N) is 3. The summed E-state index contributed by atoms with van der Waals surface area (Å²) >= 11 is 0. The monoisotopic (exact) mass is 427 g/mol. The van der Waals surface area contributed by atoms with Gasteiger partial charge in [0.25, 0.3) is 5.91 Å². The van der Waals surface area contributed by atoms with Crippen LogP contribution in [-0.4, -0.2) is 48.2 Å². The molecule has 1 amide bonds. The Morgan fingerprint density at radius 3 is 2.74 bits per heavy atom. The number of carbonyl (C=O) groups excluding carboxylic acids is 1. The van der Waals surface area contributed by atoms with E-state index < -0.39 is 11.6 Å². The van der Waals surface area contributed by atoms with Crippen LogP contribution in [0.5, 0.6) is 0 Å². The minimum atomic E-state index is -0.458. The van der Waals surface area contributed by atoms with Gasteiger partial charge in [-0.3, -0.25) is 4.79 Å². The number of anilines is 1. The summed E-state index contributed by atoms with van der Waals surface area (Å²) in [6.07, 6.45) is 3.47. The van der Waals surface area contributed by atoms with E-state index in [0.29, 0.717) is 18.7 Å². The Balaban J connectivity index is 1.43. The fourth-order valence-electron chi connectivity index (χ4n) is 3.99. The first-order valence-corrected chi connectivity index (χ1v) is 10.7. The lowest BCUT2D eigenvalue weighted by Crippen LogP contribution is -2.44. The van der Waals surface area contributed by atoms with Gasteiger partial charge in [-0.1, -0.05) is 6.92 Å². The van der Waals surface area contributed by atoms with Crippen LogP contribution in [0.3, 0.4) is 0 Å². The summed E-state index contributed by atoms with van der Waals surface area (Å²) in [6.45, 7) is 7.56. The zero-order valence-electron chi connectivity index (χ0n) is 17.8. The molecule has 0 spiro atoms. The van der Waals surface area contributed by atoms with Gasteiger partial charge in [-0.2, -0.15) is 0 Å². The molecule has 2 aromatic heterocycles. The second-order valence-electron chi connectivity index (χ2n) is 7.91. The van der Waals surface area contributed by atoms with E-state index in [1.165, 1.54) is 18.3 Å². The van der Waals surface area contributed by atoms with E-state index in [2.05, 4.69) is 15.6 Å². The zero-order valence-corrected chi connectivity index (χ0v) is 17.8. The molecule has 0 bridgehead atoms. The molecule has 0 aliphatic carbocycles. The van der Waals surface area contributed by atoms with Crippen LogP contribution in [0.4, 0.5) is 14.5 Å². The molecule has 8 heteroatoms. The molecule has 1 aliphatic heterocycles. The van der Waals surface area contributed by atoms with Gasteiger partial charge in [0, 0.05) is 69.0 Å². The van der Waals surface area contributed by atoms with Crippen LogP contribution in [0.2, 0.25) is 0 Å². The minimum absolute atomic E-state index is 0.191. The molecule has 1 aliphatic rings. The number of rotatable bonds is 6. The second-order valence-corrected chi connectivity index (χ2v) is 7.91. The van der Waals surface area contributed by atoms with E-state index in [1.54, 1.807) is 13.0 Å². The van der Waals surface area contributed by atoms with Crippen molar-refractivity contribution in [3.63, 3.8) is 0 Å². The van der Waals surface area contributed by atoms with E-state index >= 15 is 0 Å². The highest BCUT2D eigenvalue weighted by Gasteiger charge is 2.20. The van der Waals surface area contributed by atoms with Crippen LogP contribution in [0, 0.1) is 11.6 Å². The highest BCUT2D eigenvalue weighted by Crippen LogP contribution is 2.28. The van der Waals surface area contributed by atoms with Gasteiger partial charge in [0.2, 0.25) is 0 Å². The highest BCUT2D eigenvalue weighted by atomic mass is 19.1. The van der Waals surface area contributed by atoms with Crippen molar-refractivity contribution in [2.24, 2.45) is 0 Å². The van der Waals surface area contributed by atoms with Gasteiger partial charge in [-0.05, 0) is 30.7 Å². The van der Waals surface area contributed by atoms with Crippen molar-refractivity contribution < 1.29 is 13.6 Å². The summed E-state index contributed by atoms with van der Waals surface area (Å²) in [5.41, 5.74) is 1.81. The third kappa shape index (κ3) is 4.39. The molecule has 6 nitrogen and oxygen atoms in total. The number of amides is 1. The van der Waals surface area contributed by atoms with Crippen LogP contribution < -0.4 is 15.5 Å². The van der Waals surface area contributed by atoms with E-state index in [9.17, 15) is 13.6 Å². The number of hydrogen-bond acceptors (Lipinski definition) is 4.